The van der Waals surface area contributed by atoms with Gasteiger partial charge in [0.1, 0.15) is 12.4 Å². The number of hydrogen-bond acceptors (Lipinski definition) is 1. The molecule has 0 heterocycles. The smallest absolute Gasteiger partial charge is 0.119 e. The predicted molar refractivity (Wildman–Crippen MR) is 103 cm³/mol. The van der Waals surface area contributed by atoms with Crippen molar-refractivity contribution in [3.63, 3.8) is 0 Å². The highest BCUT2D eigenvalue weighted by Gasteiger charge is 2.18. The van der Waals surface area contributed by atoms with Gasteiger partial charge in [0.05, 0.1) is 0 Å². The standard InChI is InChI=1S/C20H29IO/c1-2-3-4-6-17-8-10-18(11-9-17)7-5-16-22-20-14-12-19(21)13-15-20/h5,7,12-15,17-18H,2-4,6,8-11,16H2,1H3/b7-5+. The molecule has 0 aliphatic heterocycles. The Bertz CT molecular complexity index is 430. The van der Waals surface area contributed by atoms with Crippen molar-refractivity contribution < 1.29 is 4.74 Å². The zero-order valence-electron chi connectivity index (χ0n) is 13.8. The van der Waals surface area contributed by atoms with Crippen LogP contribution < -0.4 is 4.74 Å². The third-order valence-corrected chi connectivity index (χ3v) is 5.39. The van der Waals surface area contributed by atoms with Crippen LogP contribution >= 0.6 is 22.6 Å². The normalized spacial score (nSPS) is 22.1. The minimum Gasteiger partial charge on any atom is -0.490 e. The molecule has 1 nitrogen and oxygen atoms in total. The molecular weight excluding hydrogens is 383 g/mol. The van der Waals surface area contributed by atoms with E-state index in [1.165, 1.54) is 54.9 Å². The van der Waals surface area contributed by atoms with E-state index in [1.54, 1.807) is 0 Å². The van der Waals surface area contributed by atoms with Gasteiger partial charge in [-0.1, -0.05) is 44.8 Å². The van der Waals surface area contributed by atoms with Crippen LogP contribution in [-0.2, 0) is 0 Å². The summed E-state index contributed by atoms with van der Waals surface area (Å²) in [4.78, 5) is 0. The fourth-order valence-electron chi connectivity index (χ4n) is 3.28. The lowest BCUT2D eigenvalue weighted by Gasteiger charge is -2.26. The molecule has 2 rings (SSSR count). The molecule has 122 valence electrons. The number of ether oxygens (including phenoxy) is 1. The fourth-order valence-corrected chi connectivity index (χ4v) is 3.64. The van der Waals surface area contributed by atoms with Crippen LogP contribution in [0.5, 0.6) is 5.75 Å². The molecule has 0 unspecified atom stereocenters. The summed E-state index contributed by atoms with van der Waals surface area (Å²) in [5.41, 5.74) is 0. The monoisotopic (exact) mass is 412 g/mol. The summed E-state index contributed by atoms with van der Waals surface area (Å²) in [6, 6.07) is 8.24. The van der Waals surface area contributed by atoms with Gasteiger partial charge in [0.2, 0.25) is 0 Å². The lowest BCUT2D eigenvalue weighted by Crippen LogP contribution is -2.13. The zero-order chi connectivity index (χ0) is 15.6. The Labute approximate surface area is 149 Å². The summed E-state index contributed by atoms with van der Waals surface area (Å²) in [6.07, 6.45) is 15.8. The highest BCUT2D eigenvalue weighted by atomic mass is 127. The molecule has 0 N–H and O–H groups in total. The van der Waals surface area contributed by atoms with Gasteiger partial charge in [-0.3, -0.25) is 0 Å². The van der Waals surface area contributed by atoms with E-state index in [-0.39, 0.29) is 0 Å². The first-order valence-electron chi connectivity index (χ1n) is 8.83. The van der Waals surface area contributed by atoms with E-state index in [0.29, 0.717) is 6.61 Å². The molecule has 1 aliphatic carbocycles. The SMILES string of the molecule is CCCCCC1CCC(/C=C/COc2ccc(I)cc2)CC1. The lowest BCUT2D eigenvalue weighted by molar-refractivity contribution is 0.288. The molecule has 22 heavy (non-hydrogen) atoms. The summed E-state index contributed by atoms with van der Waals surface area (Å²) in [6.45, 7) is 2.98. The Kier molecular flexibility index (Phi) is 8.35. The Morgan fingerprint density at radius 1 is 1.09 bits per heavy atom. The maximum absolute atomic E-state index is 5.75. The number of rotatable bonds is 8. The Morgan fingerprint density at radius 2 is 1.82 bits per heavy atom. The number of hydrogen-bond donors (Lipinski definition) is 0. The number of allylic oxidation sites excluding steroid dienone is 1. The molecule has 0 bridgehead atoms. The number of unbranched alkanes of at least 4 members (excludes halogenated alkanes) is 2. The summed E-state index contributed by atoms with van der Waals surface area (Å²) in [5, 5.41) is 0. The van der Waals surface area contributed by atoms with Crippen molar-refractivity contribution in [2.24, 2.45) is 11.8 Å². The Morgan fingerprint density at radius 3 is 2.50 bits per heavy atom. The van der Waals surface area contributed by atoms with Crippen LogP contribution in [0.1, 0.15) is 58.3 Å². The average molecular weight is 412 g/mol. The Hall–Kier alpha value is -0.510. The molecule has 0 saturated heterocycles. The van der Waals surface area contributed by atoms with Crippen LogP contribution in [0.3, 0.4) is 0 Å². The van der Waals surface area contributed by atoms with E-state index in [0.717, 1.165) is 17.6 Å². The first-order chi connectivity index (χ1) is 10.8. The van der Waals surface area contributed by atoms with Crippen molar-refractivity contribution in [2.75, 3.05) is 6.61 Å². The van der Waals surface area contributed by atoms with E-state index in [4.69, 9.17) is 4.74 Å². The van der Waals surface area contributed by atoms with Crippen molar-refractivity contribution in [3.05, 3.63) is 40.0 Å². The fraction of sp³-hybridized carbons (Fsp3) is 0.600. The minimum atomic E-state index is 0.691. The molecule has 0 spiro atoms. The molecule has 1 fully saturated rings. The van der Waals surface area contributed by atoms with Crippen molar-refractivity contribution in [3.8, 4) is 5.75 Å². The summed E-state index contributed by atoms with van der Waals surface area (Å²) in [7, 11) is 0. The van der Waals surface area contributed by atoms with Gasteiger partial charge in [0, 0.05) is 3.57 Å². The van der Waals surface area contributed by atoms with E-state index in [9.17, 15) is 0 Å². The van der Waals surface area contributed by atoms with E-state index in [1.807, 2.05) is 12.1 Å². The maximum Gasteiger partial charge on any atom is 0.119 e. The molecule has 0 aromatic heterocycles. The van der Waals surface area contributed by atoms with Crippen molar-refractivity contribution in [1.29, 1.82) is 0 Å². The third-order valence-electron chi connectivity index (χ3n) is 4.68. The summed E-state index contributed by atoms with van der Waals surface area (Å²) < 4.78 is 6.99. The van der Waals surface area contributed by atoms with Crippen molar-refractivity contribution in [2.45, 2.75) is 58.3 Å². The molecular formula is C20H29IO. The first kappa shape index (κ1) is 17.8. The van der Waals surface area contributed by atoms with Gasteiger partial charge in [-0.25, -0.2) is 0 Å². The average Bonchev–Trinajstić information content (AvgIpc) is 2.55. The van der Waals surface area contributed by atoms with Crippen LogP contribution in [0.4, 0.5) is 0 Å². The summed E-state index contributed by atoms with van der Waals surface area (Å²) >= 11 is 2.31. The van der Waals surface area contributed by atoms with E-state index < -0.39 is 0 Å². The van der Waals surface area contributed by atoms with E-state index >= 15 is 0 Å². The second kappa shape index (κ2) is 10.3. The molecule has 1 aliphatic rings. The van der Waals surface area contributed by atoms with Gasteiger partial charge in [-0.05, 0) is 84.4 Å². The highest BCUT2D eigenvalue weighted by molar-refractivity contribution is 14.1. The van der Waals surface area contributed by atoms with Crippen LogP contribution in [0.15, 0.2) is 36.4 Å². The summed E-state index contributed by atoms with van der Waals surface area (Å²) in [5.74, 6) is 2.74. The largest absolute Gasteiger partial charge is 0.490 e. The predicted octanol–water partition coefficient (Wildman–Crippen LogP) is 6.61. The van der Waals surface area contributed by atoms with Gasteiger partial charge in [-0.2, -0.15) is 0 Å². The van der Waals surface area contributed by atoms with Crippen molar-refractivity contribution in [1.82, 2.24) is 0 Å². The lowest BCUT2D eigenvalue weighted by atomic mass is 9.79. The van der Waals surface area contributed by atoms with Crippen LogP contribution in [0.25, 0.3) is 0 Å². The van der Waals surface area contributed by atoms with Gasteiger partial charge in [0.25, 0.3) is 0 Å². The van der Waals surface area contributed by atoms with Gasteiger partial charge < -0.3 is 4.74 Å². The van der Waals surface area contributed by atoms with Gasteiger partial charge >= 0.3 is 0 Å². The Balaban J connectivity index is 1.60. The molecule has 0 atom stereocenters. The maximum atomic E-state index is 5.75. The number of halogens is 1. The van der Waals surface area contributed by atoms with E-state index in [2.05, 4.69) is 53.8 Å². The van der Waals surface area contributed by atoms with Gasteiger partial charge in [-0.15, -0.1) is 0 Å². The second-order valence-corrected chi connectivity index (χ2v) is 7.72. The molecule has 0 radical (unpaired) electrons. The zero-order valence-corrected chi connectivity index (χ0v) is 15.9. The van der Waals surface area contributed by atoms with Gasteiger partial charge in [0.15, 0.2) is 0 Å². The van der Waals surface area contributed by atoms with Crippen LogP contribution in [0.2, 0.25) is 0 Å². The molecule has 2 heteroatoms. The highest BCUT2D eigenvalue weighted by Crippen LogP contribution is 2.32. The topological polar surface area (TPSA) is 9.23 Å². The second-order valence-electron chi connectivity index (χ2n) is 6.47. The minimum absolute atomic E-state index is 0.691. The molecule has 1 aromatic carbocycles. The van der Waals surface area contributed by atoms with Crippen LogP contribution in [0, 0.1) is 15.4 Å². The number of benzene rings is 1. The molecule has 1 aromatic rings. The first-order valence-corrected chi connectivity index (χ1v) is 9.91. The van der Waals surface area contributed by atoms with Crippen LogP contribution in [-0.4, -0.2) is 6.61 Å². The molecule has 0 amide bonds. The third kappa shape index (κ3) is 6.72. The van der Waals surface area contributed by atoms with Crippen molar-refractivity contribution >= 4 is 22.6 Å². The quantitative estimate of drug-likeness (QED) is 0.265. The molecule has 1 saturated carbocycles.